The van der Waals surface area contributed by atoms with E-state index in [4.69, 9.17) is 75.5 Å². The summed E-state index contributed by atoms with van der Waals surface area (Å²) in [7, 11) is -3.75. The Morgan fingerprint density at radius 1 is 0.495 bits per heavy atom. The van der Waals surface area contributed by atoms with Gasteiger partial charge in [0.05, 0.1) is 33.0 Å². The number of para-hydroxylation sites is 2. The van der Waals surface area contributed by atoms with Gasteiger partial charge in [0, 0.05) is 19.7 Å². The van der Waals surface area contributed by atoms with Crippen LogP contribution in [0.4, 0.5) is 0 Å². The first-order valence-corrected chi connectivity index (χ1v) is 30.1. The molecule has 0 saturated carbocycles. The quantitative estimate of drug-likeness (QED) is 0.0662. The first-order chi connectivity index (χ1) is 44.0. The summed E-state index contributed by atoms with van der Waals surface area (Å²) in [6, 6.07) is 6.72. The predicted molar refractivity (Wildman–Crippen MR) is 276 cm³/mol. The average molecular weight is 1370 g/mol. The lowest BCUT2D eigenvalue weighted by atomic mass is 9.94. The Hall–Kier alpha value is -4.06. The van der Waals surface area contributed by atoms with Crippen molar-refractivity contribution in [1.29, 1.82) is 0 Å². The van der Waals surface area contributed by atoms with E-state index < -0.39 is 258 Å². The molecule has 1 amide bonds. The van der Waals surface area contributed by atoms with E-state index in [1.54, 1.807) is 35.8 Å². The fourth-order valence-electron chi connectivity index (χ4n) is 11.9. The molecule has 41 nitrogen and oxygen atoms in total. The van der Waals surface area contributed by atoms with Crippen LogP contribution in [0.3, 0.4) is 0 Å². The molecule has 22 aliphatic rings. The summed E-state index contributed by atoms with van der Waals surface area (Å²) in [4.78, 5) is 46.1. The second-order valence-electron chi connectivity index (χ2n) is 22.6. The summed E-state index contributed by atoms with van der Waals surface area (Å²) in [5.74, 6) is -0.975. The second-order valence-corrected chi connectivity index (χ2v) is 23.3. The van der Waals surface area contributed by atoms with Crippen LogP contribution in [0, 0.1) is 10.2 Å². The van der Waals surface area contributed by atoms with Gasteiger partial charge in [-0.15, -0.1) is 10.2 Å². The van der Waals surface area contributed by atoms with Crippen LogP contribution in [0.1, 0.15) is 6.92 Å². The third-order valence-electron chi connectivity index (χ3n) is 16.8. The number of amides is 1. The number of rotatable bonds is 10. The standard InChI is InChI=1S/C51H73N5O32.ClHO4/c1-3-55-16-7-5-4-6-15(16)53-43-24(55)44(75)54(2)51(76)56(43)9-23(62)52-8-17-37-25(63)31(69)45(77-17)84-38-18(10-57)79-47(33(71)27(38)65)86-40-20(12-59)81-49(35(73)29(40)67)88-42-22(14-61)82-50(36(74)30(42)68)87-41-21(13-60)80-48(34(72)28(41)66)85-39-19(11-58)78-46(83-37)32(70)26(39)64;2-1(3,4)5/h4-7,17-22,25-42,45-50,57-61,63-74H,3,8-14H2,1-2H3;(H,2,3,4,5)/t17-,18-,19-,20-,21-,22-,25-,26-,27-,28-,29-,30-,31-,32-,33-,34-,35-,36-,37-,38-,39-,40-,41-,42-,45-,46-,47-,48-,49-,50-;/m1./s1. The highest BCUT2D eigenvalue weighted by molar-refractivity contribution is 5.81. The second kappa shape index (κ2) is 30.4. The van der Waals surface area contributed by atoms with E-state index in [0.29, 0.717) is 11.0 Å². The van der Waals surface area contributed by atoms with Crippen LogP contribution in [-0.4, -0.2) is 331 Å². The largest absolute Gasteiger partial charge is 0.394 e. The molecule has 25 rings (SSSR count). The number of aromatic nitrogens is 4. The van der Waals surface area contributed by atoms with Gasteiger partial charge in [0.15, 0.2) is 37.7 Å². The average Bonchev–Trinajstić information content (AvgIpc) is 0.752. The molecule has 0 spiro atoms. The molecule has 526 valence electrons. The van der Waals surface area contributed by atoms with E-state index in [9.17, 15) is 101 Å². The van der Waals surface area contributed by atoms with Crippen molar-refractivity contribution < 1.29 is 182 Å². The highest BCUT2D eigenvalue weighted by Gasteiger charge is 2.59. The molecule has 30 atom stereocenters. The van der Waals surface area contributed by atoms with E-state index in [1.165, 1.54) is 7.05 Å². The number of carbonyl (C=O) groups is 1. The number of fused-ring (bicyclic) bond motifs is 2. The molecule has 42 heteroatoms. The van der Waals surface area contributed by atoms with Crippen molar-refractivity contribution in [3.05, 3.63) is 45.1 Å². The molecule has 12 bridgehead atoms. The molecule has 0 aliphatic carbocycles. The summed E-state index contributed by atoms with van der Waals surface area (Å²) < 4.78 is 107. The fourth-order valence-corrected chi connectivity index (χ4v) is 11.9. The number of nitrogens with zero attached hydrogens (tertiary/aromatic N) is 4. The van der Waals surface area contributed by atoms with Crippen molar-refractivity contribution in [2.45, 2.75) is 204 Å². The zero-order valence-corrected chi connectivity index (χ0v) is 49.6. The number of nitrogens with one attached hydrogen (secondary N) is 1. The zero-order valence-electron chi connectivity index (χ0n) is 48.8. The Kier molecular flexibility index (Phi) is 23.9. The zero-order chi connectivity index (χ0) is 68.0. The van der Waals surface area contributed by atoms with Crippen LogP contribution >= 0.6 is 0 Å². The Labute approximate surface area is 524 Å². The van der Waals surface area contributed by atoms with Crippen molar-refractivity contribution in [3.8, 4) is 0 Å². The van der Waals surface area contributed by atoms with Crippen LogP contribution in [0.2, 0.25) is 0 Å². The van der Waals surface area contributed by atoms with Gasteiger partial charge in [0.2, 0.25) is 17.1 Å². The molecule has 22 fully saturated rings. The van der Waals surface area contributed by atoms with Gasteiger partial charge in [-0.05, 0) is 13.0 Å². The molecule has 0 unspecified atom stereocenters. The minimum absolute atomic E-state index is 0.0301. The predicted octanol–water partition coefficient (Wildman–Crippen LogP) is -18.1. The highest BCUT2D eigenvalue weighted by Crippen LogP contribution is 2.38. The summed E-state index contributed by atoms with van der Waals surface area (Å²) >= 11 is 0. The number of aryl methyl sites for hydroxylation is 1. The topological polar surface area (TPSA) is 637 Å². The van der Waals surface area contributed by atoms with Crippen molar-refractivity contribution in [3.63, 3.8) is 0 Å². The van der Waals surface area contributed by atoms with Gasteiger partial charge >= 0.3 is 16.8 Å². The number of ether oxygens (including phenoxy) is 12. The van der Waals surface area contributed by atoms with Gasteiger partial charge < -0.3 is 149 Å². The maximum Gasteiger partial charge on any atom is 0.333 e. The Morgan fingerprint density at radius 3 is 1.09 bits per heavy atom. The van der Waals surface area contributed by atoms with Gasteiger partial charge in [0.25, 0.3) is 0 Å². The smallest absolute Gasteiger partial charge is 0.333 e. The minimum Gasteiger partial charge on any atom is -0.394 e. The lowest BCUT2D eigenvalue weighted by Gasteiger charge is -2.50. The van der Waals surface area contributed by atoms with Crippen LogP contribution in [0.5, 0.6) is 0 Å². The normalized spacial score (nSPS) is 42.7. The number of aliphatic hydroxyl groups is 17. The first kappa shape index (κ1) is 73.2. The first-order valence-electron chi connectivity index (χ1n) is 28.9. The number of aliphatic hydroxyl groups excluding tert-OH is 17. The van der Waals surface area contributed by atoms with Crippen molar-refractivity contribution in [2.75, 3.05) is 39.6 Å². The van der Waals surface area contributed by atoms with E-state index in [1.807, 2.05) is 0 Å². The van der Waals surface area contributed by atoms with Crippen molar-refractivity contribution in [2.24, 2.45) is 7.05 Å². The lowest BCUT2D eigenvalue weighted by molar-refractivity contribution is -2.00. The van der Waals surface area contributed by atoms with Gasteiger partial charge in [-0.1, -0.05) is 12.1 Å². The molecule has 24 heterocycles. The van der Waals surface area contributed by atoms with E-state index in [0.717, 1.165) is 9.13 Å². The number of hydrogen-bond donors (Lipinski definition) is 18. The van der Waals surface area contributed by atoms with Crippen LogP contribution in [0.15, 0.2) is 33.9 Å². The molecule has 1 aromatic carbocycles. The molecule has 3 aromatic rings. The third-order valence-corrected chi connectivity index (χ3v) is 16.8. The monoisotopic (exact) mass is 1370 g/mol. The van der Waals surface area contributed by atoms with Crippen molar-refractivity contribution >= 4 is 28.1 Å². The van der Waals surface area contributed by atoms with E-state index in [-0.39, 0.29) is 17.7 Å². The van der Waals surface area contributed by atoms with Gasteiger partial charge in [-0.2, -0.15) is 4.57 Å². The van der Waals surface area contributed by atoms with Gasteiger partial charge in [-0.25, -0.2) is 28.4 Å². The Morgan fingerprint density at radius 2 is 0.785 bits per heavy atom. The molecular formula is C51H74ClN5O36. The van der Waals surface area contributed by atoms with Crippen molar-refractivity contribution in [1.82, 2.24) is 19.4 Å². The number of hydrogen-bond acceptors (Lipinski definition) is 37. The molecule has 93 heavy (non-hydrogen) atoms. The number of carbonyl (C=O) groups excluding carboxylic acids is 1. The molecule has 0 radical (unpaired) electrons. The number of benzene rings is 1. The van der Waals surface area contributed by atoms with E-state index in [2.05, 4.69) is 10.3 Å². The van der Waals surface area contributed by atoms with Crippen LogP contribution < -0.4 is 39.8 Å². The molecule has 18 N–H and O–H groups in total. The Bertz CT molecular complexity index is 3100. The Balaban J connectivity index is 0.00000196. The highest BCUT2D eigenvalue weighted by atomic mass is 35.7. The van der Waals surface area contributed by atoms with Gasteiger partial charge in [0.1, 0.15) is 165 Å². The molecular weight excluding hydrogens is 1290 g/mol. The third kappa shape index (κ3) is 15.0. The van der Waals surface area contributed by atoms with Crippen LogP contribution in [0.25, 0.3) is 22.2 Å². The summed E-state index contributed by atoms with van der Waals surface area (Å²) in [5.41, 5.74) is -0.985. The molecule has 2 aromatic heterocycles. The molecule has 22 saturated heterocycles. The number of halogens is 1. The SMILES string of the molecule is CC[n+]1c2ccccc2nc2c1c(=O)n(C)c(=O)n2CC(=O)NC[C@H]1O[C@@H]2O[C@H]3[C@H](O)[C@@H](O)[C@@H](O[C@H]4[C@H](O)[C@@H](O)[C@@H](O[C@H]5[C@H](O)[C@@H](O)[C@@H](O[C@H]6[C@H](O)[C@@H](O)[C@@H](O[C@H]7[C@H](O)[C@@H](O)[C@@H](O[C@H]1[C@H](O)[C@H]2O)O[C@@H]7CO)O[C@@H]6CO)O[C@@H]5CO)O[C@@H]4CO)O[C@@H]3CO.[O-][Cl+3]([O-])([O-])[O-]. The summed E-state index contributed by atoms with van der Waals surface area (Å²) in [6.07, 6.45) is -61.4. The maximum absolute atomic E-state index is 14.1. The van der Waals surface area contributed by atoms with E-state index >= 15 is 0 Å². The lowest BCUT2D eigenvalue weighted by Crippen LogP contribution is -2.69. The summed E-state index contributed by atoms with van der Waals surface area (Å²) in [6.45, 7) is -4.92. The summed E-state index contributed by atoms with van der Waals surface area (Å²) in [5, 5.41) is 193. The fraction of sp³-hybridized carbons (Fsp3) is 0.784. The maximum atomic E-state index is 14.1. The minimum atomic E-state index is -4.94. The molecule has 22 aliphatic heterocycles. The van der Waals surface area contributed by atoms with Crippen LogP contribution in [-0.2, 0) is 81.8 Å². The van der Waals surface area contributed by atoms with Gasteiger partial charge in [-0.3, -0.25) is 18.7 Å².